The minimum atomic E-state index is -2.75. The molecule has 0 bridgehead atoms. The third-order valence-electron chi connectivity index (χ3n) is 4.84. The van der Waals surface area contributed by atoms with Gasteiger partial charge in [-0.25, -0.2) is 0 Å². The van der Waals surface area contributed by atoms with Gasteiger partial charge in [0.05, 0.1) is 0 Å². The molecule has 2 rings (SSSR count). The highest BCUT2D eigenvalue weighted by molar-refractivity contribution is 6.60. The lowest BCUT2D eigenvalue weighted by atomic mass is 9.79. The maximum Gasteiger partial charge on any atom is 0.500 e. The molecule has 0 aliphatic heterocycles. The van der Waals surface area contributed by atoms with Gasteiger partial charge in [0.2, 0.25) is 0 Å². The molecule has 1 aromatic rings. The van der Waals surface area contributed by atoms with E-state index in [1.165, 1.54) is 6.42 Å². The van der Waals surface area contributed by atoms with Gasteiger partial charge in [0.25, 0.3) is 0 Å². The average Bonchev–Trinajstić information content (AvgIpc) is 2.65. The number of hydrogen-bond donors (Lipinski definition) is 0. The quantitative estimate of drug-likeness (QED) is 0.528. The van der Waals surface area contributed by atoms with Crippen molar-refractivity contribution in [3.8, 4) is 0 Å². The minimum Gasteiger partial charge on any atom is -0.454 e. The van der Waals surface area contributed by atoms with Crippen LogP contribution >= 0.6 is 0 Å². The van der Waals surface area contributed by atoms with Crippen LogP contribution in [0, 0.1) is 0 Å². The molecule has 6 heteroatoms. The smallest absolute Gasteiger partial charge is 0.454 e. The Balaban J connectivity index is 2.06. The summed E-state index contributed by atoms with van der Waals surface area (Å²) in [5.41, 5.74) is 0.598. The summed E-state index contributed by atoms with van der Waals surface area (Å²) in [7, 11) is 1.91. The molecule has 1 fully saturated rings. The second kappa shape index (κ2) is 8.76. The van der Waals surface area contributed by atoms with Crippen molar-refractivity contribution < 1.29 is 22.8 Å². The van der Waals surface area contributed by atoms with Crippen LogP contribution in [0.15, 0.2) is 30.3 Å². The van der Waals surface area contributed by atoms with Crippen molar-refractivity contribution in [1.29, 1.82) is 0 Å². The third kappa shape index (κ3) is 4.45. The Kier molecular flexibility index (Phi) is 6.98. The molecule has 5 nitrogen and oxygen atoms in total. The van der Waals surface area contributed by atoms with Gasteiger partial charge in [-0.05, 0) is 31.2 Å². The number of carbonyl (C=O) groups is 1. The van der Waals surface area contributed by atoms with Crippen molar-refractivity contribution in [2.24, 2.45) is 0 Å². The molecule has 1 aromatic carbocycles. The highest BCUT2D eigenvalue weighted by atomic mass is 28.4. The molecular weight excluding hydrogens is 324 g/mol. The molecule has 0 unspecified atom stereocenters. The average molecular weight is 353 g/mol. The van der Waals surface area contributed by atoms with Crippen LogP contribution in [0.3, 0.4) is 0 Å². The molecule has 0 spiro atoms. The second-order valence-electron chi connectivity index (χ2n) is 6.19. The van der Waals surface area contributed by atoms with E-state index in [9.17, 15) is 4.79 Å². The van der Waals surface area contributed by atoms with Gasteiger partial charge in [-0.15, -0.1) is 0 Å². The minimum absolute atomic E-state index is 0.219. The lowest BCUT2D eigenvalue weighted by Gasteiger charge is -2.37. The predicted molar refractivity (Wildman–Crippen MR) is 93.5 cm³/mol. The highest BCUT2D eigenvalue weighted by Gasteiger charge is 2.41. The fourth-order valence-electron chi connectivity index (χ4n) is 3.39. The standard InChI is InChI=1S/C18H28O5Si/c1-20-24(21-2,22-3)15-12-17(19)23-18(13-8-5-9-14-18)16-10-6-4-7-11-16/h4,6-7,10-11H,5,8-9,12-15H2,1-3H3. The molecule has 0 aromatic heterocycles. The lowest BCUT2D eigenvalue weighted by molar-refractivity contribution is -0.165. The Morgan fingerprint density at radius 3 is 2.12 bits per heavy atom. The molecule has 0 amide bonds. The summed E-state index contributed by atoms with van der Waals surface area (Å²) in [6, 6.07) is 10.5. The summed E-state index contributed by atoms with van der Waals surface area (Å²) < 4.78 is 22.1. The summed E-state index contributed by atoms with van der Waals surface area (Å²) in [6.45, 7) is 0. The first-order valence-corrected chi connectivity index (χ1v) is 10.5. The Bertz CT molecular complexity index is 501. The first-order chi connectivity index (χ1) is 11.6. The number of rotatable bonds is 8. The molecule has 1 saturated carbocycles. The summed E-state index contributed by atoms with van der Waals surface area (Å²) in [6.07, 6.45) is 5.34. The summed E-state index contributed by atoms with van der Waals surface area (Å²) in [4.78, 5) is 12.5. The van der Waals surface area contributed by atoms with Crippen LogP contribution in [0.4, 0.5) is 0 Å². The number of carbonyl (C=O) groups excluding carboxylic acids is 1. The number of esters is 1. The van der Waals surface area contributed by atoms with Crippen LogP contribution in [0.25, 0.3) is 0 Å². The van der Waals surface area contributed by atoms with Crippen LogP contribution in [0.5, 0.6) is 0 Å². The van der Waals surface area contributed by atoms with Gasteiger partial charge in [0.15, 0.2) is 0 Å². The van der Waals surface area contributed by atoms with Gasteiger partial charge in [0.1, 0.15) is 5.60 Å². The number of benzene rings is 1. The van der Waals surface area contributed by atoms with E-state index >= 15 is 0 Å². The molecular formula is C18H28O5Si. The van der Waals surface area contributed by atoms with Gasteiger partial charge in [-0.2, -0.15) is 0 Å². The summed E-state index contributed by atoms with van der Waals surface area (Å²) >= 11 is 0. The van der Waals surface area contributed by atoms with Crippen LogP contribution in [0.2, 0.25) is 6.04 Å². The largest absolute Gasteiger partial charge is 0.500 e. The van der Waals surface area contributed by atoms with Crippen LogP contribution in [-0.4, -0.2) is 36.1 Å². The topological polar surface area (TPSA) is 54.0 Å². The number of hydrogen-bond acceptors (Lipinski definition) is 5. The Hall–Kier alpha value is -1.21. The normalized spacial score (nSPS) is 17.5. The zero-order valence-electron chi connectivity index (χ0n) is 14.9. The van der Waals surface area contributed by atoms with E-state index < -0.39 is 14.4 Å². The molecule has 0 atom stereocenters. The van der Waals surface area contributed by atoms with Crippen LogP contribution in [0.1, 0.15) is 44.1 Å². The first-order valence-electron chi connectivity index (χ1n) is 8.52. The SMILES string of the molecule is CO[Si](CCC(=O)OC1(c2ccccc2)CCCCC1)(OC)OC. The third-order valence-corrected chi connectivity index (χ3v) is 7.57. The second-order valence-corrected chi connectivity index (χ2v) is 9.28. The van der Waals surface area contributed by atoms with Crippen molar-refractivity contribution in [3.05, 3.63) is 35.9 Å². The van der Waals surface area contributed by atoms with Gasteiger partial charge < -0.3 is 18.0 Å². The highest BCUT2D eigenvalue weighted by Crippen LogP contribution is 2.41. The number of ether oxygens (including phenoxy) is 1. The zero-order valence-corrected chi connectivity index (χ0v) is 15.9. The Morgan fingerprint density at radius 1 is 1.00 bits per heavy atom. The van der Waals surface area contributed by atoms with Gasteiger partial charge >= 0.3 is 14.8 Å². The van der Waals surface area contributed by atoms with Gasteiger partial charge in [-0.1, -0.05) is 36.8 Å². The summed E-state index contributed by atoms with van der Waals surface area (Å²) in [5, 5.41) is 0. The predicted octanol–water partition coefficient (Wildman–Crippen LogP) is 3.66. The molecule has 0 N–H and O–H groups in total. The molecule has 134 valence electrons. The van der Waals surface area contributed by atoms with Crippen molar-refractivity contribution in [1.82, 2.24) is 0 Å². The fraction of sp³-hybridized carbons (Fsp3) is 0.611. The summed E-state index contributed by atoms with van der Waals surface area (Å²) in [5.74, 6) is -0.219. The van der Waals surface area contributed by atoms with Crippen molar-refractivity contribution in [2.45, 2.75) is 50.2 Å². The molecule has 0 heterocycles. The Labute approximate surface area is 145 Å². The van der Waals surface area contributed by atoms with Crippen molar-refractivity contribution >= 4 is 14.8 Å². The van der Waals surface area contributed by atoms with Crippen LogP contribution < -0.4 is 0 Å². The first kappa shape index (κ1) is 19.1. The molecule has 1 aliphatic carbocycles. The maximum absolute atomic E-state index is 12.5. The molecule has 1 aliphatic rings. The maximum atomic E-state index is 12.5. The zero-order chi connectivity index (χ0) is 17.5. The van der Waals surface area contributed by atoms with Crippen LogP contribution in [-0.2, 0) is 28.4 Å². The van der Waals surface area contributed by atoms with E-state index in [1.54, 1.807) is 21.3 Å². The van der Waals surface area contributed by atoms with Crippen molar-refractivity contribution in [2.75, 3.05) is 21.3 Å². The van der Waals surface area contributed by atoms with Gasteiger partial charge in [-0.3, -0.25) is 4.79 Å². The van der Waals surface area contributed by atoms with E-state index in [4.69, 9.17) is 18.0 Å². The van der Waals surface area contributed by atoms with E-state index in [-0.39, 0.29) is 12.4 Å². The molecule has 0 radical (unpaired) electrons. The Morgan fingerprint density at radius 2 is 1.58 bits per heavy atom. The molecule has 0 saturated heterocycles. The monoisotopic (exact) mass is 352 g/mol. The van der Waals surface area contributed by atoms with E-state index in [0.29, 0.717) is 6.04 Å². The lowest BCUT2D eigenvalue weighted by Crippen LogP contribution is -2.43. The fourth-order valence-corrected chi connectivity index (χ4v) is 5.02. The van der Waals surface area contributed by atoms with E-state index in [1.807, 2.05) is 18.2 Å². The van der Waals surface area contributed by atoms with Crippen molar-refractivity contribution in [3.63, 3.8) is 0 Å². The van der Waals surface area contributed by atoms with E-state index in [0.717, 1.165) is 31.2 Å². The van der Waals surface area contributed by atoms with E-state index in [2.05, 4.69) is 12.1 Å². The van der Waals surface area contributed by atoms with Gasteiger partial charge in [0, 0.05) is 33.8 Å². The molecule has 24 heavy (non-hydrogen) atoms.